The molecule has 1 aromatic carbocycles. The van der Waals surface area contributed by atoms with Crippen molar-refractivity contribution >= 4 is 5.91 Å². The SMILES string of the molecule is CCC(C)N(CC)C(=O)C(N)Cc1ccc(O)cc1. The molecule has 0 heterocycles. The maximum Gasteiger partial charge on any atom is 0.240 e. The van der Waals surface area contributed by atoms with Crippen molar-refractivity contribution in [3.63, 3.8) is 0 Å². The molecule has 2 unspecified atom stereocenters. The first-order valence-electron chi connectivity index (χ1n) is 6.83. The van der Waals surface area contributed by atoms with Crippen LogP contribution in [0.5, 0.6) is 5.75 Å². The number of benzene rings is 1. The molecule has 1 aromatic rings. The van der Waals surface area contributed by atoms with Crippen LogP contribution in [-0.4, -0.2) is 34.5 Å². The van der Waals surface area contributed by atoms with Gasteiger partial charge in [0.25, 0.3) is 0 Å². The van der Waals surface area contributed by atoms with Gasteiger partial charge in [-0.15, -0.1) is 0 Å². The Hall–Kier alpha value is -1.55. The van der Waals surface area contributed by atoms with E-state index in [-0.39, 0.29) is 17.7 Å². The molecule has 0 aliphatic rings. The van der Waals surface area contributed by atoms with Gasteiger partial charge < -0.3 is 15.7 Å². The normalized spacial score (nSPS) is 13.9. The largest absolute Gasteiger partial charge is 0.508 e. The summed E-state index contributed by atoms with van der Waals surface area (Å²) < 4.78 is 0. The Morgan fingerprint density at radius 2 is 1.89 bits per heavy atom. The van der Waals surface area contributed by atoms with Crippen molar-refractivity contribution in [2.24, 2.45) is 5.73 Å². The molecule has 1 amide bonds. The van der Waals surface area contributed by atoms with Gasteiger partial charge in [0.2, 0.25) is 5.91 Å². The number of nitrogens with two attached hydrogens (primary N) is 1. The highest BCUT2D eigenvalue weighted by atomic mass is 16.3. The van der Waals surface area contributed by atoms with E-state index in [0.29, 0.717) is 13.0 Å². The minimum atomic E-state index is -0.529. The molecule has 2 atom stereocenters. The van der Waals surface area contributed by atoms with Gasteiger partial charge in [0, 0.05) is 12.6 Å². The summed E-state index contributed by atoms with van der Waals surface area (Å²) in [5.41, 5.74) is 6.96. The molecule has 19 heavy (non-hydrogen) atoms. The predicted octanol–water partition coefficient (Wildman–Crippen LogP) is 1.91. The highest BCUT2D eigenvalue weighted by Gasteiger charge is 2.23. The Morgan fingerprint density at radius 3 is 2.37 bits per heavy atom. The van der Waals surface area contributed by atoms with E-state index in [4.69, 9.17) is 5.73 Å². The van der Waals surface area contributed by atoms with Crippen LogP contribution in [0.15, 0.2) is 24.3 Å². The summed E-state index contributed by atoms with van der Waals surface area (Å²) in [4.78, 5) is 14.1. The van der Waals surface area contributed by atoms with Gasteiger partial charge in [-0.2, -0.15) is 0 Å². The van der Waals surface area contributed by atoms with E-state index in [1.54, 1.807) is 24.3 Å². The van der Waals surface area contributed by atoms with Crippen LogP contribution in [0.2, 0.25) is 0 Å². The quantitative estimate of drug-likeness (QED) is 0.824. The fourth-order valence-electron chi connectivity index (χ4n) is 2.09. The zero-order valence-corrected chi connectivity index (χ0v) is 12.0. The van der Waals surface area contributed by atoms with Crippen LogP contribution < -0.4 is 5.73 Å². The van der Waals surface area contributed by atoms with Crippen LogP contribution in [0.1, 0.15) is 32.8 Å². The number of rotatable bonds is 6. The van der Waals surface area contributed by atoms with Crippen LogP contribution in [0.4, 0.5) is 0 Å². The molecule has 106 valence electrons. The molecule has 0 saturated carbocycles. The number of nitrogens with zero attached hydrogens (tertiary/aromatic N) is 1. The lowest BCUT2D eigenvalue weighted by Gasteiger charge is -2.29. The molecule has 4 nitrogen and oxygen atoms in total. The third-order valence-corrected chi connectivity index (χ3v) is 3.46. The fraction of sp³-hybridized carbons (Fsp3) is 0.533. The van der Waals surface area contributed by atoms with Crippen LogP contribution in [-0.2, 0) is 11.2 Å². The lowest BCUT2D eigenvalue weighted by molar-refractivity contribution is -0.134. The molecule has 0 aromatic heterocycles. The van der Waals surface area contributed by atoms with Gasteiger partial charge in [-0.25, -0.2) is 0 Å². The molecule has 0 bridgehead atoms. The van der Waals surface area contributed by atoms with Crippen molar-refractivity contribution < 1.29 is 9.90 Å². The lowest BCUT2D eigenvalue weighted by atomic mass is 10.0. The van der Waals surface area contributed by atoms with E-state index in [1.165, 1.54) is 0 Å². The molecule has 0 fully saturated rings. The monoisotopic (exact) mass is 264 g/mol. The average molecular weight is 264 g/mol. The highest BCUT2D eigenvalue weighted by molar-refractivity contribution is 5.82. The van der Waals surface area contributed by atoms with Crippen molar-refractivity contribution in [2.75, 3.05) is 6.54 Å². The molecule has 0 saturated heterocycles. The second kappa shape index (κ2) is 7.14. The Labute approximate surface area is 115 Å². The van der Waals surface area contributed by atoms with E-state index in [2.05, 4.69) is 6.92 Å². The minimum Gasteiger partial charge on any atom is -0.508 e. The number of amides is 1. The molecule has 3 N–H and O–H groups in total. The molecule has 0 aliphatic heterocycles. The van der Waals surface area contributed by atoms with Gasteiger partial charge in [0.1, 0.15) is 5.75 Å². The average Bonchev–Trinajstić information content (AvgIpc) is 2.41. The number of likely N-dealkylation sites (N-methyl/N-ethyl adjacent to an activating group) is 1. The number of carbonyl (C=O) groups is 1. The van der Waals surface area contributed by atoms with Gasteiger partial charge in [0.15, 0.2) is 0 Å². The zero-order chi connectivity index (χ0) is 14.4. The van der Waals surface area contributed by atoms with Crippen molar-refractivity contribution in [3.8, 4) is 5.75 Å². The topological polar surface area (TPSA) is 66.6 Å². The molecule has 1 rings (SSSR count). The Bertz CT molecular complexity index is 403. The van der Waals surface area contributed by atoms with Gasteiger partial charge in [-0.1, -0.05) is 19.1 Å². The number of aromatic hydroxyl groups is 1. The van der Waals surface area contributed by atoms with E-state index >= 15 is 0 Å². The first-order chi connectivity index (χ1) is 8.99. The van der Waals surface area contributed by atoms with Crippen molar-refractivity contribution in [3.05, 3.63) is 29.8 Å². The van der Waals surface area contributed by atoms with Crippen LogP contribution in [0.25, 0.3) is 0 Å². The number of hydrogen-bond acceptors (Lipinski definition) is 3. The Morgan fingerprint density at radius 1 is 1.32 bits per heavy atom. The van der Waals surface area contributed by atoms with E-state index in [1.807, 2.05) is 18.7 Å². The van der Waals surface area contributed by atoms with Gasteiger partial charge >= 0.3 is 0 Å². The van der Waals surface area contributed by atoms with Crippen molar-refractivity contribution in [1.29, 1.82) is 0 Å². The maximum atomic E-state index is 12.3. The van der Waals surface area contributed by atoms with Crippen LogP contribution >= 0.6 is 0 Å². The summed E-state index contributed by atoms with van der Waals surface area (Å²) in [5, 5.41) is 9.22. The smallest absolute Gasteiger partial charge is 0.240 e. The van der Waals surface area contributed by atoms with Crippen molar-refractivity contribution in [1.82, 2.24) is 4.90 Å². The van der Waals surface area contributed by atoms with E-state index in [9.17, 15) is 9.90 Å². The van der Waals surface area contributed by atoms with Crippen molar-refractivity contribution in [2.45, 2.75) is 45.7 Å². The molecule has 4 heteroatoms. The number of phenols is 1. The molecule has 0 spiro atoms. The Kier molecular flexibility index (Phi) is 5.83. The number of carbonyl (C=O) groups excluding carboxylic acids is 1. The third-order valence-electron chi connectivity index (χ3n) is 3.46. The van der Waals surface area contributed by atoms with E-state index in [0.717, 1.165) is 12.0 Å². The highest BCUT2D eigenvalue weighted by Crippen LogP contribution is 2.12. The third kappa shape index (κ3) is 4.24. The van der Waals surface area contributed by atoms with Gasteiger partial charge in [-0.05, 0) is 44.4 Å². The first-order valence-corrected chi connectivity index (χ1v) is 6.83. The summed E-state index contributed by atoms with van der Waals surface area (Å²) >= 11 is 0. The summed E-state index contributed by atoms with van der Waals surface area (Å²) in [6.07, 6.45) is 1.41. The number of hydrogen-bond donors (Lipinski definition) is 2. The molecular weight excluding hydrogens is 240 g/mol. The summed E-state index contributed by atoms with van der Waals surface area (Å²) in [6.45, 7) is 6.75. The van der Waals surface area contributed by atoms with Gasteiger partial charge in [0.05, 0.1) is 6.04 Å². The predicted molar refractivity (Wildman–Crippen MR) is 76.9 cm³/mol. The zero-order valence-electron chi connectivity index (χ0n) is 12.0. The number of phenolic OH excluding ortho intramolecular Hbond substituents is 1. The van der Waals surface area contributed by atoms with Gasteiger partial charge in [-0.3, -0.25) is 4.79 Å². The van der Waals surface area contributed by atoms with Crippen LogP contribution in [0.3, 0.4) is 0 Å². The first kappa shape index (κ1) is 15.5. The Balaban J connectivity index is 2.68. The fourth-order valence-corrected chi connectivity index (χ4v) is 2.09. The standard InChI is InChI=1S/C15H24N2O2/c1-4-11(3)17(5-2)15(19)14(16)10-12-6-8-13(18)9-7-12/h6-9,11,14,18H,4-5,10,16H2,1-3H3. The minimum absolute atomic E-state index is 0.00933. The van der Waals surface area contributed by atoms with Crippen LogP contribution in [0, 0.1) is 0 Å². The van der Waals surface area contributed by atoms with E-state index < -0.39 is 6.04 Å². The maximum absolute atomic E-state index is 12.3. The molecular formula is C15H24N2O2. The molecule has 0 radical (unpaired) electrons. The summed E-state index contributed by atoms with van der Waals surface area (Å²) in [6, 6.07) is 6.49. The molecule has 0 aliphatic carbocycles. The lowest BCUT2D eigenvalue weighted by Crippen LogP contribution is -2.48. The summed E-state index contributed by atoms with van der Waals surface area (Å²) in [7, 11) is 0. The second-order valence-electron chi connectivity index (χ2n) is 4.86. The summed E-state index contributed by atoms with van der Waals surface area (Å²) in [5.74, 6) is 0.211. The second-order valence-corrected chi connectivity index (χ2v) is 4.86.